The van der Waals surface area contributed by atoms with Crippen LogP contribution in [0.25, 0.3) is 5.69 Å². The first-order valence-corrected chi connectivity index (χ1v) is 7.58. The lowest BCUT2D eigenvalue weighted by Gasteiger charge is -2.08. The molecule has 1 aromatic carbocycles. The fraction of sp³-hybridized carbons (Fsp3) is 0.125. The summed E-state index contributed by atoms with van der Waals surface area (Å²) in [5.41, 5.74) is 1.44. The highest BCUT2D eigenvalue weighted by atomic mass is 35.5. The lowest BCUT2D eigenvalue weighted by atomic mass is 10.2. The van der Waals surface area contributed by atoms with Crippen molar-refractivity contribution in [2.75, 3.05) is 13.2 Å². The molecule has 1 amide bonds. The van der Waals surface area contributed by atoms with Crippen LogP contribution in [0.1, 0.15) is 10.4 Å². The van der Waals surface area contributed by atoms with Crippen molar-refractivity contribution in [2.24, 2.45) is 0 Å². The van der Waals surface area contributed by atoms with Crippen LogP contribution in [0, 0.1) is 0 Å². The number of amides is 1. The van der Waals surface area contributed by atoms with Crippen LogP contribution >= 0.6 is 11.6 Å². The lowest BCUT2D eigenvalue weighted by Crippen LogP contribution is -2.28. The molecular formula is C16H14ClN5O2. The van der Waals surface area contributed by atoms with Crippen molar-refractivity contribution in [1.82, 2.24) is 25.1 Å². The summed E-state index contributed by atoms with van der Waals surface area (Å²) in [6, 6.07) is 10.5. The molecule has 1 N–H and O–H groups in total. The quantitative estimate of drug-likeness (QED) is 0.693. The molecule has 0 bridgehead atoms. The van der Waals surface area contributed by atoms with Gasteiger partial charge in [-0.15, -0.1) is 10.2 Å². The highest BCUT2D eigenvalue weighted by Gasteiger charge is 2.06. The minimum Gasteiger partial charge on any atom is -0.475 e. The summed E-state index contributed by atoms with van der Waals surface area (Å²) in [6.07, 6.45) is 4.78. The third-order valence-electron chi connectivity index (χ3n) is 3.20. The van der Waals surface area contributed by atoms with Crippen LogP contribution in [-0.2, 0) is 0 Å². The van der Waals surface area contributed by atoms with E-state index in [0.29, 0.717) is 23.0 Å². The Labute approximate surface area is 143 Å². The van der Waals surface area contributed by atoms with Crippen molar-refractivity contribution < 1.29 is 9.53 Å². The molecule has 8 heteroatoms. The Bertz CT molecular complexity index is 806. The van der Waals surface area contributed by atoms with Gasteiger partial charge in [0, 0.05) is 17.4 Å². The number of nitrogens with zero attached hydrogens (tertiary/aromatic N) is 4. The minimum atomic E-state index is -0.180. The highest BCUT2D eigenvalue weighted by Crippen LogP contribution is 2.19. The van der Waals surface area contributed by atoms with Crippen molar-refractivity contribution in [3.63, 3.8) is 0 Å². The number of aromatic nitrogens is 4. The van der Waals surface area contributed by atoms with Crippen molar-refractivity contribution in [3.05, 3.63) is 65.8 Å². The van der Waals surface area contributed by atoms with E-state index in [0.717, 1.165) is 5.69 Å². The standard InChI is InChI=1S/C16H14ClN5O2/c17-14-2-1-7-19-16(14)24-9-8-18-15(23)12-3-5-13(6-4-12)22-10-20-21-11-22/h1-7,10-11H,8-9H2,(H,18,23). The van der Waals surface area contributed by atoms with Crippen LogP contribution in [0.5, 0.6) is 5.88 Å². The molecule has 0 saturated carbocycles. The topological polar surface area (TPSA) is 81.9 Å². The number of nitrogens with one attached hydrogen (secondary N) is 1. The van der Waals surface area contributed by atoms with Gasteiger partial charge >= 0.3 is 0 Å². The van der Waals surface area contributed by atoms with Crippen LogP contribution in [-0.4, -0.2) is 38.8 Å². The summed E-state index contributed by atoms with van der Waals surface area (Å²) >= 11 is 5.93. The van der Waals surface area contributed by atoms with Gasteiger partial charge in [0.25, 0.3) is 5.91 Å². The fourth-order valence-electron chi connectivity index (χ4n) is 2.01. The molecule has 0 unspecified atom stereocenters. The monoisotopic (exact) mass is 343 g/mol. The summed E-state index contributed by atoms with van der Waals surface area (Å²) in [5, 5.41) is 10.7. The van der Waals surface area contributed by atoms with Gasteiger partial charge in [-0.2, -0.15) is 0 Å². The van der Waals surface area contributed by atoms with Gasteiger partial charge in [0.15, 0.2) is 0 Å². The van der Waals surface area contributed by atoms with E-state index in [1.807, 2.05) is 12.1 Å². The number of carbonyl (C=O) groups excluding carboxylic acids is 1. The summed E-state index contributed by atoms with van der Waals surface area (Å²) < 4.78 is 7.17. The van der Waals surface area contributed by atoms with Gasteiger partial charge in [-0.25, -0.2) is 4.98 Å². The molecule has 0 aliphatic carbocycles. The van der Waals surface area contributed by atoms with Crippen LogP contribution < -0.4 is 10.1 Å². The molecule has 0 saturated heterocycles. The Morgan fingerprint density at radius 3 is 2.62 bits per heavy atom. The molecule has 0 radical (unpaired) electrons. The first-order valence-electron chi connectivity index (χ1n) is 7.20. The smallest absolute Gasteiger partial charge is 0.251 e. The summed E-state index contributed by atoms with van der Waals surface area (Å²) in [4.78, 5) is 16.1. The maximum Gasteiger partial charge on any atom is 0.251 e. The molecular weight excluding hydrogens is 330 g/mol. The van der Waals surface area contributed by atoms with Crippen molar-refractivity contribution in [3.8, 4) is 11.6 Å². The first kappa shape index (κ1) is 15.9. The van der Waals surface area contributed by atoms with E-state index in [4.69, 9.17) is 16.3 Å². The van der Waals surface area contributed by atoms with Gasteiger partial charge in [0.2, 0.25) is 5.88 Å². The van der Waals surface area contributed by atoms with Gasteiger partial charge in [-0.05, 0) is 36.4 Å². The third kappa shape index (κ3) is 3.88. The van der Waals surface area contributed by atoms with E-state index in [-0.39, 0.29) is 12.5 Å². The first-order chi connectivity index (χ1) is 11.7. The molecule has 2 heterocycles. The second-order valence-corrected chi connectivity index (χ2v) is 5.22. The van der Waals surface area contributed by atoms with E-state index in [1.165, 1.54) is 0 Å². The molecule has 2 aromatic heterocycles. The average molecular weight is 344 g/mol. The van der Waals surface area contributed by atoms with Crippen molar-refractivity contribution in [2.45, 2.75) is 0 Å². The maximum atomic E-state index is 12.1. The number of pyridine rings is 1. The van der Waals surface area contributed by atoms with Crippen molar-refractivity contribution >= 4 is 17.5 Å². The van der Waals surface area contributed by atoms with E-state index in [2.05, 4.69) is 20.5 Å². The zero-order valence-electron chi connectivity index (χ0n) is 12.6. The van der Waals surface area contributed by atoms with Gasteiger partial charge in [-0.1, -0.05) is 11.6 Å². The molecule has 24 heavy (non-hydrogen) atoms. The average Bonchev–Trinajstić information content (AvgIpc) is 3.15. The Balaban J connectivity index is 1.49. The van der Waals surface area contributed by atoms with Gasteiger partial charge in [0.05, 0.1) is 6.54 Å². The van der Waals surface area contributed by atoms with Crippen LogP contribution in [0.2, 0.25) is 5.02 Å². The molecule has 7 nitrogen and oxygen atoms in total. The second-order valence-electron chi connectivity index (χ2n) is 4.81. The largest absolute Gasteiger partial charge is 0.475 e. The van der Waals surface area contributed by atoms with Crippen LogP contribution in [0.3, 0.4) is 0 Å². The van der Waals surface area contributed by atoms with Gasteiger partial charge < -0.3 is 10.1 Å². The van der Waals surface area contributed by atoms with Crippen LogP contribution in [0.15, 0.2) is 55.2 Å². The zero-order chi connectivity index (χ0) is 16.8. The molecule has 0 spiro atoms. The third-order valence-corrected chi connectivity index (χ3v) is 3.49. The fourth-order valence-corrected chi connectivity index (χ4v) is 2.19. The van der Waals surface area contributed by atoms with E-state index in [9.17, 15) is 4.79 Å². The predicted octanol–water partition coefficient (Wildman–Crippen LogP) is 2.12. The molecule has 3 rings (SSSR count). The summed E-state index contributed by atoms with van der Waals surface area (Å²) in [5.74, 6) is 0.174. The second kappa shape index (κ2) is 7.56. The number of hydrogen-bond donors (Lipinski definition) is 1. The van der Waals surface area contributed by atoms with Crippen LogP contribution in [0.4, 0.5) is 0 Å². The molecule has 0 aliphatic rings. The Morgan fingerprint density at radius 2 is 1.92 bits per heavy atom. The molecule has 0 atom stereocenters. The van der Waals surface area contributed by atoms with E-state index >= 15 is 0 Å². The normalized spacial score (nSPS) is 10.4. The van der Waals surface area contributed by atoms with E-state index in [1.54, 1.807) is 47.7 Å². The molecule has 0 aliphatic heterocycles. The van der Waals surface area contributed by atoms with E-state index < -0.39 is 0 Å². The summed E-state index contributed by atoms with van der Waals surface area (Å²) in [6.45, 7) is 0.625. The van der Waals surface area contributed by atoms with Crippen molar-refractivity contribution in [1.29, 1.82) is 0 Å². The number of rotatable bonds is 6. The highest BCUT2D eigenvalue weighted by molar-refractivity contribution is 6.31. The SMILES string of the molecule is O=C(NCCOc1ncccc1Cl)c1ccc(-n2cnnc2)cc1. The zero-order valence-corrected chi connectivity index (χ0v) is 13.3. The van der Waals surface area contributed by atoms with Gasteiger partial charge in [0.1, 0.15) is 24.3 Å². The molecule has 0 fully saturated rings. The predicted molar refractivity (Wildman–Crippen MR) is 88.4 cm³/mol. The number of benzene rings is 1. The lowest BCUT2D eigenvalue weighted by molar-refractivity contribution is 0.0946. The summed E-state index contributed by atoms with van der Waals surface area (Å²) in [7, 11) is 0. The molecule has 122 valence electrons. The number of ether oxygens (including phenoxy) is 1. The Morgan fingerprint density at radius 1 is 1.17 bits per heavy atom. The Hall–Kier alpha value is -2.93. The Kier molecular flexibility index (Phi) is 5.02. The minimum absolute atomic E-state index is 0.180. The number of hydrogen-bond acceptors (Lipinski definition) is 5. The number of halogens is 1. The number of carbonyl (C=O) groups is 1. The van der Waals surface area contributed by atoms with Gasteiger partial charge in [-0.3, -0.25) is 9.36 Å². The molecule has 3 aromatic rings. The maximum absolute atomic E-state index is 12.1.